The molecule has 0 radical (unpaired) electrons. The van der Waals surface area contributed by atoms with Crippen molar-refractivity contribution in [2.24, 2.45) is 0 Å². The molecule has 2 nitrogen and oxygen atoms in total. The van der Waals surface area contributed by atoms with Gasteiger partial charge in [-0.1, -0.05) is 74.0 Å². The van der Waals surface area contributed by atoms with Crippen LogP contribution in [0.3, 0.4) is 0 Å². The standard InChI is InChI=1S/C23H24O2/c1-2-8-21-9-6-7-12-23(21)25-18-20-15-13-19(14-16-20)17-24-22-10-4-3-5-11-22/h3-7,9-16H,2,8,17-18H2,1H3. The van der Waals surface area contributed by atoms with Gasteiger partial charge in [-0.05, 0) is 41.3 Å². The predicted molar refractivity (Wildman–Crippen MR) is 102 cm³/mol. The molecule has 0 N–H and O–H groups in total. The summed E-state index contributed by atoms with van der Waals surface area (Å²) in [7, 11) is 0. The summed E-state index contributed by atoms with van der Waals surface area (Å²) in [4.78, 5) is 0. The van der Waals surface area contributed by atoms with Crippen LogP contribution in [-0.2, 0) is 19.6 Å². The fourth-order valence-electron chi connectivity index (χ4n) is 2.70. The van der Waals surface area contributed by atoms with E-state index < -0.39 is 0 Å². The topological polar surface area (TPSA) is 18.5 Å². The van der Waals surface area contributed by atoms with Gasteiger partial charge >= 0.3 is 0 Å². The van der Waals surface area contributed by atoms with Crippen molar-refractivity contribution in [3.8, 4) is 11.5 Å². The zero-order chi connectivity index (χ0) is 17.3. The smallest absolute Gasteiger partial charge is 0.122 e. The van der Waals surface area contributed by atoms with E-state index in [-0.39, 0.29) is 0 Å². The molecule has 2 heteroatoms. The monoisotopic (exact) mass is 332 g/mol. The van der Waals surface area contributed by atoms with E-state index in [0.29, 0.717) is 13.2 Å². The van der Waals surface area contributed by atoms with Crippen molar-refractivity contribution >= 4 is 0 Å². The Morgan fingerprint density at radius 1 is 0.640 bits per heavy atom. The lowest BCUT2D eigenvalue weighted by molar-refractivity contribution is 0.300. The molecule has 3 rings (SSSR count). The van der Waals surface area contributed by atoms with Crippen molar-refractivity contribution in [2.45, 2.75) is 33.0 Å². The lowest BCUT2D eigenvalue weighted by Crippen LogP contribution is -2.00. The molecular weight excluding hydrogens is 308 g/mol. The highest BCUT2D eigenvalue weighted by atomic mass is 16.5. The van der Waals surface area contributed by atoms with Crippen LogP contribution in [0.5, 0.6) is 11.5 Å². The Balaban J connectivity index is 1.54. The Morgan fingerprint density at radius 3 is 1.92 bits per heavy atom. The number of hydrogen-bond acceptors (Lipinski definition) is 2. The normalized spacial score (nSPS) is 10.4. The molecule has 0 amide bonds. The van der Waals surface area contributed by atoms with E-state index in [0.717, 1.165) is 35.5 Å². The fourth-order valence-corrected chi connectivity index (χ4v) is 2.70. The first-order chi connectivity index (χ1) is 12.3. The molecule has 0 heterocycles. The van der Waals surface area contributed by atoms with Crippen molar-refractivity contribution in [1.29, 1.82) is 0 Å². The maximum Gasteiger partial charge on any atom is 0.122 e. The maximum atomic E-state index is 6.01. The van der Waals surface area contributed by atoms with Gasteiger partial charge in [-0.3, -0.25) is 0 Å². The Bertz CT molecular complexity index is 764. The minimum absolute atomic E-state index is 0.574. The minimum atomic E-state index is 0.574. The van der Waals surface area contributed by atoms with Gasteiger partial charge in [-0.2, -0.15) is 0 Å². The summed E-state index contributed by atoms with van der Waals surface area (Å²) in [5.74, 6) is 1.88. The van der Waals surface area contributed by atoms with Crippen LogP contribution in [0.1, 0.15) is 30.0 Å². The van der Waals surface area contributed by atoms with Crippen molar-refractivity contribution in [3.63, 3.8) is 0 Å². The van der Waals surface area contributed by atoms with E-state index >= 15 is 0 Å². The van der Waals surface area contributed by atoms with Gasteiger partial charge < -0.3 is 9.47 Å². The number of para-hydroxylation sites is 2. The number of aryl methyl sites for hydroxylation is 1. The highest BCUT2D eigenvalue weighted by Crippen LogP contribution is 2.21. The molecule has 0 aliphatic heterocycles. The van der Waals surface area contributed by atoms with E-state index in [4.69, 9.17) is 9.47 Å². The lowest BCUT2D eigenvalue weighted by atomic mass is 10.1. The average molecular weight is 332 g/mol. The highest BCUT2D eigenvalue weighted by Gasteiger charge is 2.03. The van der Waals surface area contributed by atoms with Gasteiger partial charge in [0.15, 0.2) is 0 Å². The molecule has 25 heavy (non-hydrogen) atoms. The second kappa shape index (κ2) is 8.93. The third-order valence-electron chi connectivity index (χ3n) is 4.06. The maximum absolute atomic E-state index is 6.01. The van der Waals surface area contributed by atoms with Gasteiger partial charge in [0.1, 0.15) is 24.7 Å². The quantitative estimate of drug-likeness (QED) is 0.519. The molecule has 0 spiro atoms. The van der Waals surface area contributed by atoms with Crippen LogP contribution >= 0.6 is 0 Å². The van der Waals surface area contributed by atoms with E-state index in [9.17, 15) is 0 Å². The molecule has 0 unspecified atom stereocenters. The molecule has 0 atom stereocenters. The number of ether oxygens (including phenoxy) is 2. The van der Waals surface area contributed by atoms with Crippen LogP contribution in [0.15, 0.2) is 78.9 Å². The van der Waals surface area contributed by atoms with Crippen molar-refractivity contribution in [3.05, 3.63) is 95.6 Å². The van der Waals surface area contributed by atoms with Crippen LogP contribution in [0, 0.1) is 0 Å². The molecule has 0 aliphatic carbocycles. The summed E-state index contributed by atoms with van der Waals surface area (Å²) in [6, 6.07) is 26.6. The number of rotatable bonds is 8. The Kier molecular flexibility index (Phi) is 6.11. The summed E-state index contributed by atoms with van der Waals surface area (Å²) < 4.78 is 11.8. The zero-order valence-corrected chi connectivity index (χ0v) is 14.7. The molecule has 3 aromatic carbocycles. The largest absolute Gasteiger partial charge is 0.489 e. The van der Waals surface area contributed by atoms with Crippen molar-refractivity contribution < 1.29 is 9.47 Å². The van der Waals surface area contributed by atoms with E-state index in [1.165, 1.54) is 5.56 Å². The zero-order valence-electron chi connectivity index (χ0n) is 14.7. The molecule has 0 aliphatic rings. The van der Waals surface area contributed by atoms with Gasteiger partial charge in [0.2, 0.25) is 0 Å². The number of hydrogen-bond donors (Lipinski definition) is 0. The first kappa shape index (κ1) is 17.1. The lowest BCUT2D eigenvalue weighted by Gasteiger charge is -2.11. The van der Waals surface area contributed by atoms with Crippen LogP contribution in [0.2, 0.25) is 0 Å². The second-order valence-corrected chi connectivity index (χ2v) is 6.06. The van der Waals surface area contributed by atoms with Gasteiger partial charge in [0.25, 0.3) is 0 Å². The first-order valence-electron chi connectivity index (χ1n) is 8.81. The Labute approximate surface area is 150 Å². The van der Waals surface area contributed by atoms with Gasteiger partial charge in [-0.25, -0.2) is 0 Å². The van der Waals surface area contributed by atoms with E-state index in [1.54, 1.807) is 0 Å². The number of benzene rings is 3. The van der Waals surface area contributed by atoms with E-state index in [1.807, 2.05) is 42.5 Å². The van der Waals surface area contributed by atoms with Crippen LogP contribution in [0.4, 0.5) is 0 Å². The van der Waals surface area contributed by atoms with Gasteiger partial charge in [0, 0.05) is 0 Å². The second-order valence-electron chi connectivity index (χ2n) is 6.06. The molecule has 3 aromatic rings. The third-order valence-corrected chi connectivity index (χ3v) is 4.06. The van der Waals surface area contributed by atoms with Gasteiger partial charge in [-0.15, -0.1) is 0 Å². The fraction of sp³-hybridized carbons (Fsp3) is 0.217. The van der Waals surface area contributed by atoms with Crippen molar-refractivity contribution in [1.82, 2.24) is 0 Å². The summed E-state index contributed by atoms with van der Waals surface area (Å²) in [5.41, 5.74) is 3.59. The summed E-state index contributed by atoms with van der Waals surface area (Å²) in [6.07, 6.45) is 2.17. The van der Waals surface area contributed by atoms with E-state index in [2.05, 4.69) is 43.3 Å². The predicted octanol–water partition coefficient (Wildman–Crippen LogP) is 5.80. The highest BCUT2D eigenvalue weighted by molar-refractivity contribution is 5.34. The Morgan fingerprint density at radius 2 is 1.24 bits per heavy atom. The molecular formula is C23H24O2. The molecule has 0 bridgehead atoms. The minimum Gasteiger partial charge on any atom is -0.489 e. The van der Waals surface area contributed by atoms with Gasteiger partial charge in [0.05, 0.1) is 0 Å². The third kappa shape index (κ3) is 5.12. The first-order valence-corrected chi connectivity index (χ1v) is 8.81. The van der Waals surface area contributed by atoms with Crippen LogP contribution in [0.25, 0.3) is 0 Å². The Hall–Kier alpha value is -2.74. The SMILES string of the molecule is CCCc1ccccc1OCc1ccc(COc2ccccc2)cc1. The molecule has 0 aromatic heterocycles. The summed E-state index contributed by atoms with van der Waals surface area (Å²) in [5, 5.41) is 0. The van der Waals surface area contributed by atoms with Crippen LogP contribution in [-0.4, -0.2) is 0 Å². The molecule has 128 valence electrons. The average Bonchev–Trinajstić information content (AvgIpc) is 2.68. The molecule has 0 saturated heterocycles. The van der Waals surface area contributed by atoms with Crippen LogP contribution < -0.4 is 9.47 Å². The van der Waals surface area contributed by atoms with Crippen molar-refractivity contribution in [2.75, 3.05) is 0 Å². The summed E-state index contributed by atoms with van der Waals surface area (Å²) in [6.45, 7) is 3.35. The summed E-state index contributed by atoms with van der Waals surface area (Å²) >= 11 is 0. The molecule has 0 fully saturated rings. The molecule has 0 saturated carbocycles.